The summed E-state index contributed by atoms with van der Waals surface area (Å²) in [5, 5.41) is 8.37. The summed E-state index contributed by atoms with van der Waals surface area (Å²) in [4.78, 5) is 4.51. The van der Waals surface area contributed by atoms with E-state index in [0.29, 0.717) is 0 Å². The van der Waals surface area contributed by atoms with Crippen molar-refractivity contribution in [2.75, 3.05) is 25.5 Å². The summed E-state index contributed by atoms with van der Waals surface area (Å²) >= 11 is 0. The fourth-order valence-corrected chi connectivity index (χ4v) is 3.68. The molecule has 1 aromatic heterocycles. The Hall–Kier alpha value is -1.52. The SMILES string of the molecule is COc1cc(NCCCCCNC2CCCCC2)c2ncccc2c1.Cl. The largest absolute Gasteiger partial charge is 0.497 e. The third-order valence-corrected chi connectivity index (χ3v) is 5.12. The molecule has 2 N–H and O–H groups in total. The first-order valence-electron chi connectivity index (χ1n) is 9.77. The van der Waals surface area contributed by atoms with E-state index in [1.807, 2.05) is 24.4 Å². The van der Waals surface area contributed by atoms with E-state index in [0.717, 1.165) is 41.5 Å². The van der Waals surface area contributed by atoms with Crippen LogP contribution in [0.5, 0.6) is 5.75 Å². The lowest BCUT2D eigenvalue weighted by Gasteiger charge is -2.22. The van der Waals surface area contributed by atoms with Gasteiger partial charge >= 0.3 is 0 Å². The fourth-order valence-electron chi connectivity index (χ4n) is 3.68. The standard InChI is InChI=1S/C21H31N3O.ClH/c1-25-19-15-17-9-8-14-24-21(17)20(16-19)23-13-7-3-6-12-22-18-10-4-2-5-11-18;/h8-9,14-16,18,22-23H,2-7,10-13H2,1H3;1H. The Morgan fingerprint density at radius 3 is 2.69 bits per heavy atom. The summed E-state index contributed by atoms with van der Waals surface area (Å²) in [5.41, 5.74) is 2.08. The number of methoxy groups -OCH3 is 1. The molecule has 0 unspecified atom stereocenters. The van der Waals surface area contributed by atoms with Gasteiger partial charge in [0, 0.05) is 30.2 Å². The number of benzene rings is 1. The Bertz CT molecular complexity index is 659. The number of hydrogen-bond donors (Lipinski definition) is 2. The molecule has 0 radical (unpaired) electrons. The molecule has 3 rings (SSSR count). The number of nitrogens with one attached hydrogen (secondary N) is 2. The molecule has 144 valence electrons. The van der Waals surface area contributed by atoms with Gasteiger partial charge in [-0.2, -0.15) is 0 Å². The number of rotatable bonds is 9. The second-order valence-electron chi connectivity index (χ2n) is 7.03. The summed E-state index contributed by atoms with van der Waals surface area (Å²) in [6.07, 6.45) is 12.5. The van der Waals surface area contributed by atoms with E-state index in [9.17, 15) is 0 Å². The fraction of sp³-hybridized carbons (Fsp3) is 0.571. The van der Waals surface area contributed by atoms with Gasteiger partial charge in [-0.15, -0.1) is 12.4 Å². The van der Waals surface area contributed by atoms with Gasteiger partial charge in [0.15, 0.2) is 0 Å². The van der Waals surface area contributed by atoms with E-state index in [1.54, 1.807) is 7.11 Å². The minimum atomic E-state index is 0. The normalized spacial score (nSPS) is 14.8. The van der Waals surface area contributed by atoms with Gasteiger partial charge in [-0.25, -0.2) is 0 Å². The molecule has 0 saturated heterocycles. The first-order chi connectivity index (χ1) is 12.4. The van der Waals surface area contributed by atoms with Crippen molar-refractivity contribution in [1.29, 1.82) is 0 Å². The number of fused-ring (bicyclic) bond motifs is 1. The highest BCUT2D eigenvalue weighted by atomic mass is 35.5. The summed E-state index contributed by atoms with van der Waals surface area (Å²) in [5.74, 6) is 0.875. The zero-order chi connectivity index (χ0) is 17.3. The van der Waals surface area contributed by atoms with Crippen molar-refractivity contribution in [2.45, 2.75) is 57.4 Å². The van der Waals surface area contributed by atoms with Crippen LogP contribution in [0, 0.1) is 0 Å². The maximum Gasteiger partial charge on any atom is 0.121 e. The second kappa shape index (κ2) is 11.2. The Morgan fingerprint density at radius 1 is 1.08 bits per heavy atom. The van der Waals surface area contributed by atoms with E-state index in [1.165, 1.54) is 51.4 Å². The molecule has 1 heterocycles. The molecule has 26 heavy (non-hydrogen) atoms. The molecule has 1 saturated carbocycles. The van der Waals surface area contributed by atoms with Crippen LogP contribution in [0.4, 0.5) is 5.69 Å². The van der Waals surface area contributed by atoms with Crippen LogP contribution >= 0.6 is 12.4 Å². The number of halogens is 1. The van der Waals surface area contributed by atoms with Gasteiger partial charge in [-0.1, -0.05) is 31.7 Å². The van der Waals surface area contributed by atoms with E-state index in [-0.39, 0.29) is 12.4 Å². The topological polar surface area (TPSA) is 46.2 Å². The second-order valence-corrected chi connectivity index (χ2v) is 7.03. The highest BCUT2D eigenvalue weighted by Crippen LogP contribution is 2.27. The Labute approximate surface area is 163 Å². The molecular weight excluding hydrogens is 346 g/mol. The van der Waals surface area contributed by atoms with Crippen LogP contribution < -0.4 is 15.4 Å². The molecule has 0 atom stereocenters. The predicted molar refractivity (Wildman–Crippen MR) is 113 cm³/mol. The molecule has 0 amide bonds. The predicted octanol–water partition coefficient (Wildman–Crippen LogP) is 5.17. The Balaban J connectivity index is 0.00000243. The zero-order valence-corrected chi connectivity index (χ0v) is 16.6. The highest BCUT2D eigenvalue weighted by Gasteiger charge is 2.11. The van der Waals surface area contributed by atoms with E-state index >= 15 is 0 Å². The van der Waals surface area contributed by atoms with Gasteiger partial charge < -0.3 is 15.4 Å². The minimum absolute atomic E-state index is 0. The number of aromatic nitrogens is 1. The molecule has 0 spiro atoms. The van der Waals surface area contributed by atoms with Gasteiger partial charge in [-0.05, 0) is 44.4 Å². The van der Waals surface area contributed by atoms with Gasteiger partial charge in [-0.3, -0.25) is 4.98 Å². The van der Waals surface area contributed by atoms with Crippen molar-refractivity contribution >= 4 is 29.0 Å². The molecule has 0 aliphatic heterocycles. The van der Waals surface area contributed by atoms with Crippen LogP contribution in [0.3, 0.4) is 0 Å². The minimum Gasteiger partial charge on any atom is -0.497 e. The summed E-state index contributed by atoms with van der Waals surface area (Å²) in [6, 6.07) is 8.89. The molecule has 1 aromatic carbocycles. The van der Waals surface area contributed by atoms with Crippen LogP contribution in [0.15, 0.2) is 30.5 Å². The molecule has 2 aromatic rings. The van der Waals surface area contributed by atoms with Crippen LogP contribution in [0.1, 0.15) is 51.4 Å². The first-order valence-corrected chi connectivity index (χ1v) is 9.77. The van der Waals surface area contributed by atoms with Gasteiger partial charge in [0.1, 0.15) is 5.75 Å². The number of hydrogen-bond acceptors (Lipinski definition) is 4. The van der Waals surface area contributed by atoms with E-state index in [2.05, 4.69) is 21.7 Å². The van der Waals surface area contributed by atoms with Gasteiger partial charge in [0.05, 0.1) is 18.3 Å². The number of ether oxygens (including phenoxy) is 1. The number of anilines is 1. The van der Waals surface area contributed by atoms with E-state index < -0.39 is 0 Å². The molecule has 5 heteroatoms. The monoisotopic (exact) mass is 377 g/mol. The molecular formula is C21H32ClN3O. The van der Waals surface area contributed by atoms with Crippen LogP contribution in [-0.4, -0.2) is 31.2 Å². The third-order valence-electron chi connectivity index (χ3n) is 5.12. The molecule has 1 aliphatic carbocycles. The smallest absolute Gasteiger partial charge is 0.121 e. The molecule has 1 aliphatic rings. The number of nitrogens with zero attached hydrogens (tertiary/aromatic N) is 1. The van der Waals surface area contributed by atoms with Crippen molar-refractivity contribution < 1.29 is 4.74 Å². The quantitative estimate of drug-likeness (QED) is 0.592. The summed E-state index contributed by atoms with van der Waals surface area (Å²) in [6.45, 7) is 2.14. The van der Waals surface area contributed by atoms with Gasteiger partial charge in [0.25, 0.3) is 0 Å². The van der Waals surface area contributed by atoms with Crippen molar-refractivity contribution in [3.8, 4) is 5.75 Å². The van der Waals surface area contributed by atoms with Crippen molar-refractivity contribution in [3.63, 3.8) is 0 Å². The lowest BCUT2D eigenvalue weighted by atomic mass is 9.95. The lowest BCUT2D eigenvalue weighted by molar-refractivity contribution is 0.370. The van der Waals surface area contributed by atoms with Gasteiger partial charge in [0.2, 0.25) is 0 Å². The van der Waals surface area contributed by atoms with E-state index in [4.69, 9.17) is 4.74 Å². The summed E-state index contributed by atoms with van der Waals surface area (Å²) in [7, 11) is 1.71. The average molecular weight is 378 g/mol. The number of unbranched alkanes of at least 4 members (excludes halogenated alkanes) is 2. The lowest BCUT2D eigenvalue weighted by Crippen LogP contribution is -2.31. The van der Waals surface area contributed by atoms with Crippen molar-refractivity contribution in [1.82, 2.24) is 10.3 Å². The maximum atomic E-state index is 5.40. The average Bonchev–Trinajstić information content (AvgIpc) is 2.67. The summed E-state index contributed by atoms with van der Waals surface area (Å²) < 4.78 is 5.40. The highest BCUT2D eigenvalue weighted by molar-refractivity contribution is 5.91. The van der Waals surface area contributed by atoms with Crippen LogP contribution in [0.25, 0.3) is 10.9 Å². The molecule has 1 fully saturated rings. The Morgan fingerprint density at radius 2 is 1.88 bits per heavy atom. The molecule has 0 bridgehead atoms. The zero-order valence-electron chi connectivity index (χ0n) is 15.8. The van der Waals surface area contributed by atoms with Crippen LogP contribution in [-0.2, 0) is 0 Å². The van der Waals surface area contributed by atoms with Crippen molar-refractivity contribution in [3.05, 3.63) is 30.5 Å². The number of pyridine rings is 1. The Kier molecular flexibility index (Phi) is 8.99. The van der Waals surface area contributed by atoms with Crippen molar-refractivity contribution in [2.24, 2.45) is 0 Å². The molecule has 4 nitrogen and oxygen atoms in total. The third kappa shape index (κ3) is 6.03. The maximum absolute atomic E-state index is 5.40. The first kappa shape index (κ1) is 20.8. The van der Waals surface area contributed by atoms with Crippen LogP contribution in [0.2, 0.25) is 0 Å².